The van der Waals surface area contributed by atoms with E-state index in [9.17, 15) is 4.79 Å². The van der Waals surface area contributed by atoms with E-state index in [-0.39, 0.29) is 11.3 Å². The van der Waals surface area contributed by atoms with Crippen molar-refractivity contribution in [1.82, 2.24) is 19.7 Å². The minimum absolute atomic E-state index is 0.251. The van der Waals surface area contributed by atoms with Crippen LogP contribution in [0.2, 0.25) is 5.02 Å². The van der Waals surface area contributed by atoms with Gasteiger partial charge in [-0.1, -0.05) is 43.0 Å². The number of benzene rings is 1. The average Bonchev–Trinajstić information content (AvgIpc) is 3.27. The van der Waals surface area contributed by atoms with Gasteiger partial charge in [-0.05, 0) is 61.1 Å². The molecule has 1 aromatic heterocycles. The summed E-state index contributed by atoms with van der Waals surface area (Å²) in [7, 11) is 0. The number of hydrogen-bond acceptors (Lipinski definition) is 3. The third kappa shape index (κ3) is 5.00. The van der Waals surface area contributed by atoms with Crippen molar-refractivity contribution in [2.75, 3.05) is 13.1 Å². The quantitative estimate of drug-likeness (QED) is 0.685. The van der Waals surface area contributed by atoms with E-state index in [2.05, 4.69) is 15.0 Å². The van der Waals surface area contributed by atoms with Gasteiger partial charge in [-0.2, -0.15) is 5.10 Å². The highest BCUT2D eigenvalue weighted by Gasteiger charge is 2.42. The first-order chi connectivity index (χ1) is 14.1. The maximum Gasteiger partial charge on any atom is 0.222 e. The molecule has 1 amide bonds. The largest absolute Gasteiger partial charge is 0.343 e. The lowest BCUT2D eigenvalue weighted by atomic mass is 9.63. The summed E-state index contributed by atoms with van der Waals surface area (Å²) in [6, 6.07) is 7.81. The van der Waals surface area contributed by atoms with E-state index in [1.54, 1.807) is 6.33 Å². The Labute approximate surface area is 178 Å². The summed E-state index contributed by atoms with van der Waals surface area (Å²) in [6.45, 7) is 2.67. The Bertz CT molecular complexity index is 776. The molecule has 5 nitrogen and oxygen atoms in total. The van der Waals surface area contributed by atoms with Crippen LogP contribution in [0.3, 0.4) is 0 Å². The molecule has 0 bridgehead atoms. The molecule has 2 aliphatic rings. The van der Waals surface area contributed by atoms with E-state index in [4.69, 9.17) is 11.6 Å². The van der Waals surface area contributed by atoms with E-state index in [1.165, 1.54) is 37.7 Å². The Kier molecular flexibility index (Phi) is 6.53. The van der Waals surface area contributed by atoms with Gasteiger partial charge >= 0.3 is 0 Å². The number of halogens is 1. The zero-order valence-electron chi connectivity index (χ0n) is 17.1. The van der Waals surface area contributed by atoms with Crippen LogP contribution in [0.15, 0.2) is 36.9 Å². The van der Waals surface area contributed by atoms with Crippen LogP contribution >= 0.6 is 11.6 Å². The second-order valence-corrected chi connectivity index (χ2v) is 9.23. The molecule has 1 aliphatic heterocycles. The predicted molar refractivity (Wildman–Crippen MR) is 115 cm³/mol. The first-order valence-corrected chi connectivity index (χ1v) is 11.4. The molecular formula is C23H31ClN4O. The van der Waals surface area contributed by atoms with Gasteiger partial charge in [-0.25, -0.2) is 4.98 Å². The molecule has 1 aromatic carbocycles. The van der Waals surface area contributed by atoms with Crippen molar-refractivity contribution in [3.8, 4) is 0 Å². The van der Waals surface area contributed by atoms with E-state index in [0.717, 1.165) is 49.8 Å². The summed E-state index contributed by atoms with van der Waals surface area (Å²) in [5, 5.41) is 5.13. The molecule has 0 spiro atoms. The minimum atomic E-state index is 0.251. The van der Waals surface area contributed by atoms with Crippen molar-refractivity contribution >= 4 is 17.5 Å². The van der Waals surface area contributed by atoms with E-state index < -0.39 is 0 Å². The number of piperidine rings is 1. The fourth-order valence-electron chi connectivity index (χ4n) is 5.31. The maximum absolute atomic E-state index is 12.8. The number of carbonyl (C=O) groups excluding carboxylic acids is 1. The third-order valence-corrected chi connectivity index (χ3v) is 7.32. The number of likely N-dealkylation sites (tertiary alicyclic amines) is 1. The summed E-state index contributed by atoms with van der Waals surface area (Å²) in [5.41, 5.74) is 1.42. The standard InChI is InChI=1S/C23H31ClN4O/c24-21-9-6-19(7-10-21)8-11-22(29)27-14-12-23(13-15-27,16-28-18-25-17-26-28)20-4-2-1-3-5-20/h6-7,9-10,17-18,20H,1-5,8,11-16H2. The molecule has 0 unspecified atom stereocenters. The second-order valence-electron chi connectivity index (χ2n) is 8.80. The number of amides is 1. The molecule has 4 rings (SSSR count). The minimum Gasteiger partial charge on any atom is -0.343 e. The van der Waals surface area contributed by atoms with Crippen LogP contribution in [0.25, 0.3) is 0 Å². The first kappa shape index (κ1) is 20.4. The number of nitrogens with zero attached hydrogens (tertiary/aromatic N) is 4. The summed E-state index contributed by atoms with van der Waals surface area (Å²) in [5.74, 6) is 1.02. The molecule has 0 atom stereocenters. The molecule has 1 saturated carbocycles. The smallest absolute Gasteiger partial charge is 0.222 e. The van der Waals surface area contributed by atoms with Crippen LogP contribution in [-0.4, -0.2) is 38.7 Å². The number of aromatic nitrogens is 3. The lowest BCUT2D eigenvalue weighted by Gasteiger charge is -2.48. The topological polar surface area (TPSA) is 51.0 Å². The average molecular weight is 415 g/mol. The van der Waals surface area contributed by atoms with Gasteiger partial charge in [-0.3, -0.25) is 9.48 Å². The highest BCUT2D eigenvalue weighted by atomic mass is 35.5. The summed E-state index contributed by atoms with van der Waals surface area (Å²) in [4.78, 5) is 19.0. The Morgan fingerprint density at radius 2 is 1.83 bits per heavy atom. The molecule has 0 N–H and O–H groups in total. The molecule has 2 aromatic rings. The Morgan fingerprint density at radius 3 is 2.48 bits per heavy atom. The van der Waals surface area contributed by atoms with Gasteiger partial charge in [-0.15, -0.1) is 0 Å². The van der Waals surface area contributed by atoms with Crippen molar-refractivity contribution in [3.05, 3.63) is 47.5 Å². The van der Waals surface area contributed by atoms with E-state index >= 15 is 0 Å². The summed E-state index contributed by atoms with van der Waals surface area (Å²) >= 11 is 5.95. The van der Waals surface area contributed by atoms with Gasteiger partial charge in [0.05, 0.1) is 0 Å². The van der Waals surface area contributed by atoms with Gasteiger partial charge in [0.2, 0.25) is 5.91 Å². The Hall–Kier alpha value is -1.88. The molecule has 2 heterocycles. The Balaban J connectivity index is 1.36. The zero-order valence-corrected chi connectivity index (χ0v) is 17.9. The van der Waals surface area contributed by atoms with Crippen molar-refractivity contribution in [1.29, 1.82) is 0 Å². The SMILES string of the molecule is O=C(CCc1ccc(Cl)cc1)N1CCC(Cn2cncn2)(C2CCCCC2)CC1. The molecule has 2 fully saturated rings. The summed E-state index contributed by atoms with van der Waals surface area (Å²) in [6.07, 6.45) is 13.7. The van der Waals surface area contributed by atoms with Crippen molar-refractivity contribution < 1.29 is 4.79 Å². The molecular weight excluding hydrogens is 384 g/mol. The predicted octanol–water partition coefficient (Wildman–Crippen LogP) is 4.75. The molecule has 156 valence electrons. The summed E-state index contributed by atoms with van der Waals surface area (Å²) < 4.78 is 2.01. The van der Waals surface area contributed by atoms with E-state index in [0.29, 0.717) is 6.42 Å². The second kappa shape index (κ2) is 9.29. The van der Waals surface area contributed by atoms with Gasteiger partial charge in [0, 0.05) is 31.1 Å². The van der Waals surface area contributed by atoms with Gasteiger partial charge < -0.3 is 4.90 Å². The van der Waals surface area contributed by atoms with Crippen molar-refractivity contribution in [2.24, 2.45) is 11.3 Å². The molecule has 1 aliphatic carbocycles. The van der Waals surface area contributed by atoms with Crippen LogP contribution < -0.4 is 0 Å². The first-order valence-electron chi connectivity index (χ1n) is 11.0. The lowest BCUT2D eigenvalue weighted by Crippen LogP contribution is -2.48. The number of carbonyl (C=O) groups is 1. The fourth-order valence-corrected chi connectivity index (χ4v) is 5.44. The maximum atomic E-state index is 12.8. The van der Waals surface area contributed by atoms with Gasteiger partial charge in [0.1, 0.15) is 12.7 Å². The molecule has 1 saturated heterocycles. The monoisotopic (exact) mass is 414 g/mol. The van der Waals surface area contributed by atoms with Crippen LogP contribution in [0.4, 0.5) is 0 Å². The molecule has 6 heteroatoms. The van der Waals surface area contributed by atoms with Crippen LogP contribution in [-0.2, 0) is 17.8 Å². The number of rotatable bonds is 6. The van der Waals surface area contributed by atoms with Crippen LogP contribution in [0.1, 0.15) is 56.9 Å². The van der Waals surface area contributed by atoms with Crippen molar-refractivity contribution in [2.45, 2.75) is 64.3 Å². The Morgan fingerprint density at radius 1 is 1.10 bits per heavy atom. The van der Waals surface area contributed by atoms with Crippen LogP contribution in [0.5, 0.6) is 0 Å². The number of aryl methyl sites for hydroxylation is 1. The highest BCUT2D eigenvalue weighted by Crippen LogP contribution is 2.47. The van der Waals surface area contributed by atoms with E-state index in [1.807, 2.05) is 35.3 Å². The van der Waals surface area contributed by atoms with Crippen LogP contribution in [0, 0.1) is 11.3 Å². The zero-order chi connectivity index (χ0) is 20.1. The molecule has 29 heavy (non-hydrogen) atoms. The van der Waals surface area contributed by atoms with Gasteiger partial charge in [0.25, 0.3) is 0 Å². The highest BCUT2D eigenvalue weighted by molar-refractivity contribution is 6.30. The number of hydrogen-bond donors (Lipinski definition) is 0. The van der Waals surface area contributed by atoms with Gasteiger partial charge in [0.15, 0.2) is 0 Å². The normalized spacial score (nSPS) is 20.0. The fraction of sp³-hybridized carbons (Fsp3) is 0.609. The lowest BCUT2D eigenvalue weighted by molar-refractivity contribution is -0.134. The molecule has 0 radical (unpaired) electrons. The van der Waals surface area contributed by atoms with Crippen molar-refractivity contribution in [3.63, 3.8) is 0 Å². The third-order valence-electron chi connectivity index (χ3n) is 7.07.